The second-order valence-corrected chi connectivity index (χ2v) is 8.51. The molecule has 0 spiro atoms. The highest BCUT2D eigenvalue weighted by molar-refractivity contribution is 5.94. The molecule has 158 valence electrons. The molecule has 1 aliphatic heterocycles. The highest BCUT2D eigenvalue weighted by atomic mass is 16.6. The van der Waals surface area contributed by atoms with E-state index in [1.165, 1.54) is 0 Å². The van der Waals surface area contributed by atoms with Gasteiger partial charge in [0.05, 0.1) is 5.92 Å². The van der Waals surface area contributed by atoms with Crippen molar-refractivity contribution in [2.45, 2.75) is 31.3 Å². The second-order valence-electron chi connectivity index (χ2n) is 8.51. The first-order valence-corrected chi connectivity index (χ1v) is 10.6. The third kappa shape index (κ3) is 4.24. The van der Waals surface area contributed by atoms with E-state index in [1.807, 2.05) is 79.7 Å². The van der Waals surface area contributed by atoms with Crippen LogP contribution in [-0.2, 0) is 15.1 Å². The number of amides is 1. The number of cyclic esters (lactones) is 1. The van der Waals surface area contributed by atoms with E-state index in [0.717, 1.165) is 35.1 Å². The van der Waals surface area contributed by atoms with Gasteiger partial charge in [-0.1, -0.05) is 66.7 Å². The molecule has 1 saturated heterocycles. The fraction of sp³-hybridized carbons (Fsp3) is 0.259. The van der Waals surface area contributed by atoms with E-state index in [9.17, 15) is 9.59 Å². The molecule has 4 heteroatoms. The Morgan fingerprint density at radius 2 is 1.65 bits per heavy atom. The van der Waals surface area contributed by atoms with Crippen LogP contribution in [0.5, 0.6) is 0 Å². The minimum atomic E-state index is -0.582. The van der Waals surface area contributed by atoms with E-state index < -0.39 is 5.60 Å². The molecule has 1 heterocycles. The predicted octanol–water partition coefficient (Wildman–Crippen LogP) is 5.39. The van der Waals surface area contributed by atoms with Crippen molar-refractivity contribution >= 4 is 11.9 Å². The number of hydrogen-bond acceptors (Lipinski definition) is 3. The van der Waals surface area contributed by atoms with Crippen molar-refractivity contribution in [3.05, 3.63) is 95.6 Å². The van der Waals surface area contributed by atoms with Crippen molar-refractivity contribution in [2.75, 3.05) is 14.1 Å². The molecule has 3 aromatic carbocycles. The summed E-state index contributed by atoms with van der Waals surface area (Å²) in [6, 6.07) is 25.5. The van der Waals surface area contributed by atoms with Crippen LogP contribution in [0.2, 0.25) is 0 Å². The van der Waals surface area contributed by atoms with E-state index in [4.69, 9.17) is 4.74 Å². The first kappa shape index (κ1) is 20.9. The predicted molar refractivity (Wildman–Crippen MR) is 122 cm³/mol. The topological polar surface area (TPSA) is 46.6 Å². The van der Waals surface area contributed by atoms with Gasteiger partial charge in [0.1, 0.15) is 5.60 Å². The van der Waals surface area contributed by atoms with E-state index in [2.05, 4.69) is 6.07 Å². The van der Waals surface area contributed by atoms with Gasteiger partial charge in [-0.2, -0.15) is 0 Å². The largest absolute Gasteiger partial charge is 0.454 e. The average molecular weight is 414 g/mol. The van der Waals surface area contributed by atoms with Gasteiger partial charge in [0, 0.05) is 19.7 Å². The smallest absolute Gasteiger partial charge is 0.314 e. The van der Waals surface area contributed by atoms with Crippen LogP contribution in [0.3, 0.4) is 0 Å². The first-order chi connectivity index (χ1) is 14.9. The van der Waals surface area contributed by atoms with Gasteiger partial charge in [-0.15, -0.1) is 0 Å². The fourth-order valence-corrected chi connectivity index (χ4v) is 4.18. The van der Waals surface area contributed by atoms with Gasteiger partial charge in [0.25, 0.3) is 5.91 Å². The van der Waals surface area contributed by atoms with Gasteiger partial charge in [0.2, 0.25) is 0 Å². The molecule has 0 radical (unpaired) electrons. The SMILES string of the molecule is CN(C)C(=O)c1ccc(-c2cccc(C3CCC(C)(c4ccccc4)OC3=O)c2)cc1. The molecule has 1 fully saturated rings. The van der Waals surface area contributed by atoms with Crippen LogP contribution in [0.25, 0.3) is 11.1 Å². The van der Waals surface area contributed by atoms with Crippen LogP contribution in [-0.4, -0.2) is 30.9 Å². The number of carbonyl (C=O) groups is 2. The van der Waals surface area contributed by atoms with Crippen molar-refractivity contribution in [1.29, 1.82) is 0 Å². The maximum atomic E-state index is 13.0. The summed E-state index contributed by atoms with van der Waals surface area (Å²) >= 11 is 0. The molecule has 0 saturated carbocycles. The summed E-state index contributed by atoms with van der Waals surface area (Å²) < 4.78 is 5.96. The molecule has 31 heavy (non-hydrogen) atoms. The van der Waals surface area contributed by atoms with Gasteiger partial charge in [-0.25, -0.2) is 0 Å². The lowest BCUT2D eigenvalue weighted by Crippen LogP contribution is -2.37. The Balaban J connectivity index is 1.54. The maximum Gasteiger partial charge on any atom is 0.314 e. The van der Waals surface area contributed by atoms with Crippen molar-refractivity contribution in [2.24, 2.45) is 0 Å². The Hall–Kier alpha value is -3.40. The van der Waals surface area contributed by atoms with Crippen LogP contribution in [0, 0.1) is 0 Å². The van der Waals surface area contributed by atoms with Crippen LogP contribution in [0.15, 0.2) is 78.9 Å². The number of hydrogen-bond donors (Lipinski definition) is 0. The van der Waals surface area contributed by atoms with E-state index in [-0.39, 0.29) is 17.8 Å². The molecule has 2 atom stereocenters. The molecule has 4 nitrogen and oxygen atoms in total. The first-order valence-electron chi connectivity index (χ1n) is 10.6. The maximum absolute atomic E-state index is 13.0. The van der Waals surface area contributed by atoms with Crippen LogP contribution >= 0.6 is 0 Å². The molecule has 0 aliphatic carbocycles. The fourth-order valence-electron chi connectivity index (χ4n) is 4.18. The summed E-state index contributed by atoms with van der Waals surface area (Å²) in [4.78, 5) is 26.6. The van der Waals surface area contributed by atoms with E-state index in [0.29, 0.717) is 5.56 Å². The normalized spacial score (nSPS) is 20.7. The van der Waals surface area contributed by atoms with Crippen molar-refractivity contribution < 1.29 is 14.3 Å². The lowest BCUT2D eigenvalue weighted by atomic mass is 9.81. The van der Waals surface area contributed by atoms with Crippen LogP contribution < -0.4 is 0 Å². The Kier molecular flexibility index (Phi) is 5.64. The third-order valence-corrected chi connectivity index (χ3v) is 6.07. The van der Waals surface area contributed by atoms with Crippen molar-refractivity contribution in [1.82, 2.24) is 4.90 Å². The highest BCUT2D eigenvalue weighted by Gasteiger charge is 2.40. The Labute approximate surface area is 183 Å². The Morgan fingerprint density at radius 1 is 0.935 bits per heavy atom. The second kappa shape index (κ2) is 8.38. The summed E-state index contributed by atoms with van der Waals surface area (Å²) in [5, 5.41) is 0. The van der Waals surface area contributed by atoms with Crippen LogP contribution in [0.4, 0.5) is 0 Å². The monoisotopic (exact) mass is 413 g/mol. The zero-order chi connectivity index (χ0) is 22.0. The van der Waals surface area contributed by atoms with Gasteiger partial charge in [-0.05, 0) is 54.2 Å². The minimum absolute atomic E-state index is 0.0216. The standard InChI is InChI=1S/C27H27NO3/c1-27(23-10-5-4-6-11-23)17-16-24(26(30)31-27)22-9-7-8-21(18-22)19-12-14-20(15-13-19)25(29)28(2)3/h4-15,18,24H,16-17H2,1-3H3. The number of rotatable bonds is 4. The molecule has 1 amide bonds. The minimum Gasteiger partial charge on any atom is -0.454 e. The van der Waals surface area contributed by atoms with Crippen molar-refractivity contribution in [3.8, 4) is 11.1 Å². The lowest BCUT2D eigenvalue weighted by molar-refractivity contribution is -0.169. The summed E-state index contributed by atoms with van der Waals surface area (Å²) in [7, 11) is 3.48. The van der Waals surface area contributed by atoms with E-state index in [1.54, 1.807) is 19.0 Å². The lowest BCUT2D eigenvalue weighted by Gasteiger charge is -2.37. The zero-order valence-corrected chi connectivity index (χ0v) is 18.2. The van der Waals surface area contributed by atoms with Crippen molar-refractivity contribution in [3.63, 3.8) is 0 Å². The zero-order valence-electron chi connectivity index (χ0n) is 18.2. The number of carbonyl (C=O) groups excluding carboxylic acids is 2. The third-order valence-electron chi connectivity index (χ3n) is 6.07. The number of benzene rings is 3. The summed E-state index contributed by atoms with van der Waals surface area (Å²) in [6.45, 7) is 1.99. The molecule has 1 aliphatic rings. The molecular weight excluding hydrogens is 386 g/mol. The molecule has 3 aromatic rings. The molecule has 0 bridgehead atoms. The van der Waals surface area contributed by atoms with E-state index >= 15 is 0 Å². The van der Waals surface area contributed by atoms with Gasteiger partial charge in [0.15, 0.2) is 0 Å². The summed E-state index contributed by atoms with van der Waals surface area (Å²) in [5.74, 6) is -0.472. The summed E-state index contributed by atoms with van der Waals surface area (Å²) in [5.41, 5.74) is 4.09. The molecule has 0 aromatic heterocycles. The molecule has 2 unspecified atom stereocenters. The number of esters is 1. The molecule has 0 N–H and O–H groups in total. The quantitative estimate of drug-likeness (QED) is 0.539. The number of ether oxygens (including phenoxy) is 1. The van der Waals surface area contributed by atoms with Gasteiger partial charge in [-0.3, -0.25) is 9.59 Å². The molecular formula is C27H27NO3. The molecule has 4 rings (SSSR count). The summed E-state index contributed by atoms with van der Waals surface area (Å²) in [6.07, 6.45) is 1.52. The average Bonchev–Trinajstić information content (AvgIpc) is 2.79. The Morgan fingerprint density at radius 3 is 2.29 bits per heavy atom. The highest BCUT2D eigenvalue weighted by Crippen LogP contribution is 2.41. The van der Waals surface area contributed by atoms with Crippen LogP contribution in [0.1, 0.15) is 47.2 Å². The van der Waals surface area contributed by atoms with Gasteiger partial charge < -0.3 is 9.64 Å². The Bertz CT molecular complexity index is 1090. The van der Waals surface area contributed by atoms with Gasteiger partial charge >= 0.3 is 5.97 Å². The number of nitrogens with zero attached hydrogens (tertiary/aromatic N) is 1.